The average Bonchev–Trinajstić information content (AvgIpc) is 3.70. The fourth-order valence-corrected chi connectivity index (χ4v) is 11.9. The Morgan fingerprint density at radius 3 is 2.50 bits per heavy atom. The van der Waals surface area contributed by atoms with Crippen LogP contribution in [0.4, 0.5) is 0 Å². The third-order valence-corrected chi connectivity index (χ3v) is 15.0. The van der Waals surface area contributed by atoms with Gasteiger partial charge >= 0.3 is 0 Å². The molecule has 0 spiro atoms. The van der Waals surface area contributed by atoms with Gasteiger partial charge in [-0.1, -0.05) is 13.2 Å². The SMILES string of the molecule is C=C1C/C2=C/C[C@@]3(O)C[C@H]4OC5[C@@H]6C(O[C@H]7CC[C@H](CC(=O)C[C@@H]8[C@@H](OC)[C@@H](C[C@@H](CNC(C)OCC)OC)O[C@H]8C[C@H]8O[C@H](CCC8=C)CC[C@@H]1O2)O[C@@H]7[C@@H]6O3)[C@@H]54. The Hall–Kier alpha value is -1.75. The van der Waals surface area contributed by atoms with Crippen LogP contribution in [-0.4, -0.2) is 136 Å². The summed E-state index contributed by atoms with van der Waals surface area (Å²) < 4.78 is 64.8. The van der Waals surface area contributed by atoms with Crippen LogP contribution in [0.25, 0.3) is 0 Å². The molecule has 58 heavy (non-hydrogen) atoms. The van der Waals surface area contributed by atoms with Crippen LogP contribution in [0, 0.1) is 17.8 Å². The molecule has 0 aromatic rings. The number of methoxy groups -OCH3 is 2. The lowest BCUT2D eigenvalue weighted by molar-refractivity contribution is -0.443. The molecule has 19 atom stereocenters. The Kier molecular flexibility index (Phi) is 12.3. The van der Waals surface area contributed by atoms with Gasteiger partial charge in [0, 0.05) is 90.1 Å². The second-order valence-corrected chi connectivity index (χ2v) is 18.7. The number of rotatable bonds is 9. The van der Waals surface area contributed by atoms with Gasteiger partial charge in [0.2, 0.25) is 0 Å². The summed E-state index contributed by atoms with van der Waals surface area (Å²) in [6.45, 7) is 14.0. The van der Waals surface area contributed by atoms with Gasteiger partial charge in [-0.05, 0) is 69.6 Å². The summed E-state index contributed by atoms with van der Waals surface area (Å²) >= 11 is 0. The van der Waals surface area contributed by atoms with Crippen molar-refractivity contribution >= 4 is 5.78 Å². The highest BCUT2D eigenvalue weighted by atomic mass is 16.7. The molecule has 0 radical (unpaired) electrons. The maximum Gasteiger partial charge on any atom is 0.172 e. The number of ether oxygens (including phenoxy) is 10. The van der Waals surface area contributed by atoms with Gasteiger partial charge in [0.05, 0.1) is 79.0 Å². The normalized spacial score (nSPS) is 48.2. The van der Waals surface area contributed by atoms with E-state index in [1.807, 2.05) is 19.9 Å². The smallest absolute Gasteiger partial charge is 0.172 e. The molecule has 11 aliphatic rings. The fraction of sp³-hybridized carbons (Fsp3) is 0.844. The lowest BCUT2D eigenvalue weighted by atomic mass is 9.56. The number of hydrogen-bond donors (Lipinski definition) is 2. The van der Waals surface area contributed by atoms with Gasteiger partial charge in [-0.3, -0.25) is 10.1 Å². The van der Waals surface area contributed by atoms with E-state index in [0.717, 1.165) is 49.0 Å². The van der Waals surface area contributed by atoms with Gasteiger partial charge in [-0.2, -0.15) is 0 Å². The van der Waals surface area contributed by atoms with Crippen molar-refractivity contribution in [2.24, 2.45) is 17.8 Å². The molecule has 13 heteroatoms. The van der Waals surface area contributed by atoms with Crippen molar-refractivity contribution in [3.63, 3.8) is 0 Å². The van der Waals surface area contributed by atoms with Crippen LogP contribution in [0.15, 0.2) is 36.1 Å². The first-order valence-corrected chi connectivity index (χ1v) is 22.3. The number of hydrogen-bond acceptors (Lipinski definition) is 13. The van der Waals surface area contributed by atoms with Crippen LogP contribution in [0.5, 0.6) is 0 Å². The van der Waals surface area contributed by atoms with Gasteiger partial charge in [-0.15, -0.1) is 0 Å². The van der Waals surface area contributed by atoms with Crippen LogP contribution in [0.3, 0.4) is 0 Å². The van der Waals surface area contributed by atoms with Crippen LogP contribution in [-0.2, 0) is 52.2 Å². The van der Waals surface area contributed by atoms with Crippen LogP contribution >= 0.6 is 0 Å². The van der Waals surface area contributed by atoms with E-state index in [1.165, 1.54) is 0 Å². The number of allylic oxidation sites excluding steroid dienone is 1. The summed E-state index contributed by atoms with van der Waals surface area (Å²) in [6, 6.07) is 0. The predicted octanol–water partition coefficient (Wildman–Crippen LogP) is 4.82. The lowest BCUT2D eigenvalue weighted by Gasteiger charge is -2.70. The van der Waals surface area contributed by atoms with Crippen molar-refractivity contribution < 1.29 is 57.3 Å². The third-order valence-electron chi connectivity index (χ3n) is 15.0. The predicted molar refractivity (Wildman–Crippen MR) is 211 cm³/mol. The number of ketones is 1. The summed E-state index contributed by atoms with van der Waals surface area (Å²) in [4.78, 5) is 14.3. The first kappa shape index (κ1) is 41.6. The number of Topliss-reactive ketones (excluding diaryl/α,β-unsaturated/α-hetero) is 1. The maximum absolute atomic E-state index is 14.3. The van der Waals surface area contributed by atoms with Crippen molar-refractivity contribution in [2.45, 2.75) is 195 Å². The number of carbonyl (C=O) groups is 1. The molecule has 1 aliphatic carbocycles. The highest BCUT2D eigenvalue weighted by Gasteiger charge is 2.72. The zero-order valence-corrected chi connectivity index (χ0v) is 34.9. The summed E-state index contributed by atoms with van der Waals surface area (Å²) in [7, 11) is 3.43. The van der Waals surface area contributed by atoms with Crippen LogP contribution in [0.1, 0.15) is 97.3 Å². The molecule has 10 heterocycles. The molecule has 0 amide bonds. The van der Waals surface area contributed by atoms with E-state index in [0.29, 0.717) is 51.7 Å². The Morgan fingerprint density at radius 1 is 0.897 bits per heavy atom. The van der Waals surface area contributed by atoms with E-state index in [-0.39, 0.29) is 116 Å². The average molecular weight is 814 g/mol. The molecular formula is C45H67NO12. The molecule has 324 valence electrons. The zero-order chi connectivity index (χ0) is 40.3. The zero-order valence-electron chi connectivity index (χ0n) is 34.9. The molecule has 13 nitrogen and oxygen atoms in total. The van der Waals surface area contributed by atoms with Crippen molar-refractivity contribution in [2.75, 3.05) is 27.4 Å². The fourth-order valence-electron chi connectivity index (χ4n) is 11.9. The quantitative estimate of drug-likeness (QED) is 0.243. The highest BCUT2D eigenvalue weighted by molar-refractivity contribution is 5.79. The molecule has 2 N–H and O–H groups in total. The van der Waals surface area contributed by atoms with E-state index in [1.54, 1.807) is 14.2 Å². The Labute approximate surface area is 343 Å². The third kappa shape index (κ3) is 8.17. The number of nitrogens with one attached hydrogen (secondary N) is 1. The van der Waals surface area contributed by atoms with Crippen molar-refractivity contribution in [3.05, 3.63) is 36.1 Å². The molecule has 1 saturated carbocycles. The summed E-state index contributed by atoms with van der Waals surface area (Å²) in [5.74, 6) is -0.465. The van der Waals surface area contributed by atoms with Gasteiger partial charge in [0.1, 0.15) is 24.2 Å². The Balaban J connectivity index is 0.971. The molecule has 10 fully saturated rings. The number of aliphatic hydroxyl groups is 1. The Morgan fingerprint density at radius 2 is 1.71 bits per heavy atom. The first-order chi connectivity index (χ1) is 28.0. The topological polar surface area (TPSA) is 142 Å². The molecular weight excluding hydrogens is 746 g/mol. The van der Waals surface area contributed by atoms with Gasteiger partial charge in [-0.25, -0.2) is 0 Å². The van der Waals surface area contributed by atoms with Crippen LogP contribution in [0.2, 0.25) is 0 Å². The summed E-state index contributed by atoms with van der Waals surface area (Å²) in [5, 5.41) is 15.6. The largest absolute Gasteiger partial charge is 0.490 e. The Bertz CT molecular complexity index is 1560. The van der Waals surface area contributed by atoms with Gasteiger partial charge in [0.15, 0.2) is 5.79 Å². The van der Waals surface area contributed by atoms with Crippen LogP contribution < -0.4 is 5.32 Å². The second kappa shape index (κ2) is 17.2. The highest BCUT2D eigenvalue weighted by Crippen LogP contribution is 2.61. The van der Waals surface area contributed by atoms with E-state index in [2.05, 4.69) is 18.5 Å². The van der Waals surface area contributed by atoms with Crippen molar-refractivity contribution in [3.8, 4) is 0 Å². The number of fused-ring (bicyclic) bond motifs is 6. The van der Waals surface area contributed by atoms with Crippen molar-refractivity contribution in [1.29, 1.82) is 0 Å². The second-order valence-electron chi connectivity index (χ2n) is 18.7. The number of carbonyl (C=O) groups excluding carboxylic acids is 1. The summed E-state index contributed by atoms with van der Waals surface area (Å²) in [6.07, 6.45) is 7.14. The van der Waals surface area contributed by atoms with E-state index < -0.39 is 18.0 Å². The standard InChI is InChI=1S/C45H67NO12/c1-7-51-25(4)46-22-30(49-5)19-36-40(50-6)31-18-26(47)17-28-11-13-33-41(54-28)44-39-42(56-33)38-37(57-43(38)39)21-45(48,58-44)15-14-29-16-24(3)32(53-29)12-10-27-9-8-23(2)34(52-27)20-35(31)55-36/h14,25,27-28,30-44,46,48H,2-3,7-13,15-22H2,1,4-6H3/b29-14-/t25?,27-,28-,30+,31+,32+,33+,34-,35+,36-,37-,38+,39+,40-,41+,42?,43?,44-,45+/m1/s1. The monoisotopic (exact) mass is 813 g/mol. The van der Waals surface area contributed by atoms with Crippen molar-refractivity contribution in [1.82, 2.24) is 5.32 Å². The summed E-state index contributed by atoms with van der Waals surface area (Å²) in [5.41, 5.74) is 2.10. The minimum Gasteiger partial charge on any atom is -0.490 e. The molecule has 10 aliphatic heterocycles. The lowest BCUT2D eigenvalue weighted by Crippen LogP contribution is -2.81. The minimum atomic E-state index is -1.45. The maximum atomic E-state index is 14.3. The molecule has 3 unspecified atom stereocenters. The molecule has 0 aromatic carbocycles. The van der Waals surface area contributed by atoms with E-state index in [9.17, 15) is 9.90 Å². The van der Waals surface area contributed by atoms with Gasteiger partial charge in [0.25, 0.3) is 0 Å². The minimum absolute atomic E-state index is 0.0189. The molecule has 9 saturated heterocycles. The van der Waals surface area contributed by atoms with E-state index >= 15 is 0 Å². The molecule has 0 aromatic heterocycles. The van der Waals surface area contributed by atoms with E-state index in [4.69, 9.17) is 47.4 Å². The van der Waals surface area contributed by atoms with Gasteiger partial charge < -0.3 is 52.5 Å². The molecule has 11 rings (SSSR count). The molecule has 13 bridgehead atoms. The first-order valence-electron chi connectivity index (χ1n) is 22.3.